The van der Waals surface area contributed by atoms with E-state index >= 15 is 0 Å². The Kier molecular flexibility index (Phi) is 4.74. The van der Waals surface area contributed by atoms with Crippen LogP contribution in [0.4, 0.5) is 17.5 Å². The van der Waals surface area contributed by atoms with Crippen molar-refractivity contribution in [3.8, 4) is 0 Å². The zero-order chi connectivity index (χ0) is 17.3. The Morgan fingerprint density at radius 1 is 1.04 bits per heavy atom. The highest BCUT2D eigenvalue weighted by atomic mass is 15.2. The van der Waals surface area contributed by atoms with Crippen molar-refractivity contribution in [2.45, 2.75) is 47.5 Å². The van der Waals surface area contributed by atoms with E-state index in [-0.39, 0.29) is 0 Å². The number of piperidine rings is 1. The summed E-state index contributed by atoms with van der Waals surface area (Å²) < 4.78 is 0. The molecule has 1 aromatic heterocycles. The molecule has 1 aliphatic heterocycles. The molecule has 128 valence electrons. The Morgan fingerprint density at radius 3 is 2.42 bits per heavy atom. The van der Waals surface area contributed by atoms with Gasteiger partial charge in [0.05, 0.1) is 0 Å². The quantitative estimate of drug-likeness (QED) is 0.889. The molecule has 0 spiro atoms. The molecule has 0 aliphatic carbocycles. The summed E-state index contributed by atoms with van der Waals surface area (Å²) in [6, 6.07) is 6.48. The summed E-state index contributed by atoms with van der Waals surface area (Å²) in [5, 5.41) is 3.45. The van der Waals surface area contributed by atoms with Gasteiger partial charge in [0.2, 0.25) is 5.95 Å². The van der Waals surface area contributed by atoms with Gasteiger partial charge in [-0.25, -0.2) is 4.98 Å². The smallest absolute Gasteiger partial charge is 0.229 e. The molecule has 1 N–H and O–H groups in total. The average Bonchev–Trinajstić information content (AvgIpc) is 2.50. The number of nitrogens with zero attached hydrogens (tertiary/aromatic N) is 3. The fourth-order valence-corrected chi connectivity index (χ4v) is 3.66. The summed E-state index contributed by atoms with van der Waals surface area (Å²) in [4.78, 5) is 11.8. The molecule has 1 aromatic carbocycles. The number of benzene rings is 1. The summed E-state index contributed by atoms with van der Waals surface area (Å²) in [5.74, 6) is 2.46. The van der Waals surface area contributed by atoms with Crippen LogP contribution in [-0.4, -0.2) is 23.1 Å². The molecule has 4 heteroatoms. The van der Waals surface area contributed by atoms with Gasteiger partial charge in [-0.3, -0.25) is 0 Å². The van der Waals surface area contributed by atoms with Gasteiger partial charge in [0, 0.05) is 30.5 Å². The highest BCUT2D eigenvalue weighted by molar-refractivity contribution is 5.64. The fraction of sp³-hybridized carbons (Fsp3) is 0.500. The molecule has 3 rings (SSSR count). The monoisotopic (exact) mass is 324 g/mol. The summed E-state index contributed by atoms with van der Waals surface area (Å²) in [6.45, 7) is 12.9. The number of nitrogens with one attached hydrogen (secondary N) is 1. The minimum atomic E-state index is 0.693. The molecule has 1 atom stereocenters. The minimum absolute atomic E-state index is 0.693. The van der Waals surface area contributed by atoms with E-state index in [2.05, 4.69) is 61.1 Å². The van der Waals surface area contributed by atoms with Crippen molar-refractivity contribution in [3.05, 3.63) is 40.6 Å². The second-order valence-corrected chi connectivity index (χ2v) is 7.28. The van der Waals surface area contributed by atoms with E-state index < -0.39 is 0 Å². The second-order valence-electron chi connectivity index (χ2n) is 7.28. The third-order valence-corrected chi connectivity index (χ3v) is 4.74. The lowest BCUT2D eigenvalue weighted by Crippen LogP contribution is -2.35. The van der Waals surface area contributed by atoms with Crippen LogP contribution in [0, 0.1) is 33.6 Å². The van der Waals surface area contributed by atoms with Crippen LogP contribution in [0.5, 0.6) is 0 Å². The van der Waals surface area contributed by atoms with Crippen LogP contribution in [0.25, 0.3) is 0 Å². The first kappa shape index (κ1) is 16.7. The van der Waals surface area contributed by atoms with Crippen LogP contribution in [0.3, 0.4) is 0 Å². The SMILES string of the molecule is Cc1cc(C)c(Nc2nc(C)cc(N3CCCC(C)C3)n2)c(C)c1. The van der Waals surface area contributed by atoms with E-state index in [1.807, 2.05) is 6.92 Å². The van der Waals surface area contributed by atoms with Gasteiger partial charge in [-0.2, -0.15) is 4.98 Å². The summed E-state index contributed by atoms with van der Waals surface area (Å²) >= 11 is 0. The van der Waals surface area contributed by atoms with Gasteiger partial charge in [0.15, 0.2) is 0 Å². The molecular weight excluding hydrogens is 296 g/mol. The fourth-order valence-electron chi connectivity index (χ4n) is 3.66. The van der Waals surface area contributed by atoms with E-state index in [4.69, 9.17) is 4.98 Å². The van der Waals surface area contributed by atoms with E-state index in [0.717, 1.165) is 36.2 Å². The Bertz CT molecular complexity index is 715. The molecule has 0 bridgehead atoms. The van der Waals surface area contributed by atoms with Crippen LogP contribution in [-0.2, 0) is 0 Å². The molecule has 0 saturated carbocycles. The molecule has 24 heavy (non-hydrogen) atoms. The summed E-state index contributed by atoms with van der Waals surface area (Å²) in [5.41, 5.74) is 5.85. The van der Waals surface area contributed by atoms with Crippen molar-refractivity contribution in [2.75, 3.05) is 23.3 Å². The molecule has 1 unspecified atom stereocenters. The maximum Gasteiger partial charge on any atom is 0.229 e. The van der Waals surface area contributed by atoms with Crippen molar-refractivity contribution in [2.24, 2.45) is 5.92 Å². The Morgan fingerprint density at radius 2 is 1.75 bits per heavy atom. The minimum Gasteiger partial charge on any atom is -0.356 e. The zero-order valence-corrected chi connectivity index (χ0v) is 15.5. The number of hydrogen-bond donors (Lipinski definition) is 1. The lowest BCUT2D eigenvalue weighted by atomic mass is 10.0. The highest BCUT2D eigenvalue weighted by Gasteiger charge is 2.18. The Labute approximate surface area is 145 Å². The molecule has 0 amide bonds. The van der Waals surface area contributed by atoms with Crippen molar-refractivity contribution in [1.82, 2.24) is 9.97 Å². The van der Waals surface area contributed by atoms with Gasteiger partial charge in [0.25, 0.3) is 0 Å². The maximum atomic E-state index is 4.80. The average molecular weight is 324 g/mol. The number of anilines is 3. The van der Waals surface area contributed by atoms with Crippen LogP contribution in [0.1, 0.15) is 42.1 Å². The lowest BCUT2D eigenvalue weighted by Gasteiger charge is -2.32. The van der Waals surface area contributed by atoms with E-state index in [1.54, 1.807) is 0 Å². The van der Waals surface area contributed by atoms with Gasteiger partial charge in [-0.1, -0.05) is 24.6 Å². The number of rotatable bonds is 3. The van der Waals surface area contributed by atoms with Gasteiger partial charge < -0.3 is 10.2 Å². The number of aromatic nitrogens is 2. The topological polar surface area (TPSA) is 41.1 Å². The van der Waals surface area contributed by atoms with Crippen molar-refractivity contribution < 1.29 is 0 Å². The Hall–Kier alpha value is -2.10. The zero-order valence-electron chi connectivity index (χ0n) is 15.5. The lowest BCUT2D eigenvalue weighted by molar-refractivity contribution is 0.444. The van der Waals surface area contributed by atoms with Crippen LogP contribution >= 0.6 is 0 Å². The van der Waals surface area contributed by atoms with Crippen LogP contribution < -0.4 is 10.2 Å². The first-order chi connectivity index (χ1) is 11.4. The van der Waals surface area contributed by atoms with Gasteiger partial charge >= 0.3 is 0 Å². The maximum absolute atomic E-state index is 4.80. The predicted molar refractivity (Wildman–Crippen MR) is 101 cm³/mol. The molecule has 2 aromatic rings. The molecule has 0 radical (unpaired) electrons. The van der Waals surface area contributed by atoms with Crippen LogP contribution in [0.2, 0.25) is 0 Å². The van der Waals surface area contributed by atoms with Gasteiger partial charge in [-0.15, -0.1) is 0 Å². The van der Waals surface area contributed by atoms with Crippen molar-refractivity contribution in [3.63, 3.8) is 0 Å². The number of aryl methyl sites for hydroxylation is 4. The molecule has 1 fully saturated rings. The van der Waals surface area contributed by atoms with Crippen LogP contribution in [0.15, 0.2) is 18.2 Å². The van der Waals surface area contributed by atoms with Gasteiger partial charge in [0.1, 0.15) is 5.82 Å². The van der Waals surface area contributed by atoms with E-state index in [9.17, 15) is 0 Å². The third kappa shape index (κ3) is 3.69. The van der Waals surface area contributed by atoms with E-state index in [0.29, 0.717) is 5.95 Å². The van der Waals surface area contributed by atoms with Crippen molar-refractivity contribution >= 4 is 17.5 Å². The molecule has 2 heterocycles. The van der Waals surface area contributed by atoms with Gasteiger partial charge in [-0.05, 0) is 57.6 Å². The largest absolute Gasteiger partial charge is 0.356 e. The standard InChI is InChI=1S/C20H28N4/c1-13-7-6-8-24(12-13)18-11-17(5)21-20(22-18)23-19-15(3)9-14(2)10-16(19)4/h9-11,13H,6-8,12H2,1-5H3,(H,21,22,23). The first-order valence-electron chi connectivity index (χ1n) is 8.88. The molecule has 1 aliphatic rings. The summed E-state index contributed by atoms with van der Waals surface area (Å²) in [7, 11) is 0. The summed E-state index contributed by atoms with van der Waals surface area (Å²) in [6.07, 6.45) is 2.55. The predicted octanol–water partition coefficient (Wildman–Crippen LogP) is 4.69. The first-order valence-corrected chi connectivity index (χ1v) is 8.88. The second kappa shape index (κ2) is 6.80. The normalized spacial score (nSPS) is 17.9. The number of hydrogen-bond acceptors (Lipinski definition) is 4. The molecule has 1 saturated heterocycles. The van der Waals surface area contributed by atoms with E-state index in [1.165, 1.54) is 29.5 Å². The van der Waals surface area contributed by atoms with Crippen molar-refractivity contribution in [1.29, 1.82) is 0 Å². The third-order valence-electron chi connectivity index (χ3n) is 4.74. The highest BCUT2D eigenvalue weighted by Crippen LogP contribution is 2.27. The molecule has 4 nitrogen and oxygen atoms in total. The molecular formula is C20H28N4. The Balaban J connectivity index is 1.89.